The Labute approximate surface area is 139 Å². The predicted molar refractivity (Wildman–Crippen MR) is 89.7 cm³/mol. The molecule has 0 unspecified atom stereocenters. The van der Waals surface area contributed by atoms with E-state index in [1.165, 1.54) is 6.20 Å². The minimum Gasteiger partial charge on any atom is -0.454 e. The van der Waals surface area contributed by atoms with Gasteiger partial charge in [-0.25, -0.2) is 4.98 Å². The van der Waals surface area contributed by atoms with Crippen LogP contribution in [-0.4, -0.2) is 23.2 Å². The van der Waals surface area contributed by atoms with Crippen LogP contribution in [0.2, 0.25) is 0 Å². The third kappa shape index (κ3) is 3.10. The molecule has 0 fully saturated rings. The number of aryl methyl sites for hydroxylation is 1. The van der Waals surface area contributed by atoms with Gasteiger partial charge in [0.2, 0.25) is 6.79 Å². The molecule has 1 aromatic heterocycles. The maximum Gasteiger partial charge on any atom is 0.290 e. The molecular formula is C17H19N3O4. The number of benzene rings is 1. The Kier molecular flexibility index (Phi) is 4.01. The van der Waals surface area contributed by atoms with E-state index >= 15 is 0 Å². The van der Waals surface area contributed by atoms with Crippen LogP contribution in [0.1, 0.15) is 25.0 Å². The van der Waals surface area contributed by atoms with Gasteiger partial charge in [0.05, 0.1) is 4.92 Å². The van der Waals surface area contributed by atoms with Crippen molar-refractivity contribution in [1.82, 2.24) is 4.98 Å². The molecule has 0 atom stereocenters. The molecule has 1 aliphatic rings. The first-order valence-corrected chi connectivity index (χ1v) is 7.62. The number of nitrogens with zero attached hydrogens (tertiary/aromatic N) is 2. The van der Waals surface area contributed by atoms with Crippen LogP contribution in [0, 0.1) is 17.0 Å². The average Bonchev–Trinajstić information content (AvgIpc) is 3.00. The first kappa shape index (κ1) is 16.0. The number of pyridine rings is 1. The van der Waals surface area contributed by atoms with Crippen LogP contribution in [0.3, 0.4) is 0 Å². The number of ether oxygens (including phenoxy) is 2. The van der Waals surface area contributed by atoms with E-state index in [1.807, 2.05) is 18.2 Å². The fraction of sp³-hybridized carbons (Fsp3) is 0.353. The Balaban J connectivity index is 1.73. The van der Waals surface area contributed by atoms with Crippen LogP contribution in [0.25, 0.3) is 0 Å². The molecule has 0 aliphatic carbocycles. The van der Waals surface area contributed by atoms with Crippen LogP contribution < -0.4 is 14.8 Å². The molecule has 1 N–H and O–H groups in total. The molecular weight excluding hydrogens is 310 g/mol. The van der Waals surface area contributed by atoms with E-state index in [1.54, 1.807) is 13.0 Å². The number of fused-ring (bicyclic) bond motifs is 1. The summed E-state index contributed by atoms with van der Waals surface area (Å²) in [6, 6.07) is 7.60. The summed E-state index contributed by atoms with van der Waals surface area (Å²) >= 11 is 0. The number of hydrogen-bond acceptors (Lipinski definition) is 6. The summed E-state index contributed by atoms with van der Waals surface area (Å²) in [5, 5.41) is 14.1. The number of anilines is 1. The first-order chi connectivity index (χ1) is 11.4. The fourth-order valence-electron chi connectivity index (χ4n) is 2.57. The molecule has 2 heterocycles. The van der Waals surface area contributed by atoms with Crippen molar-refractivity contribution in [3.8, 4) is 11.5 Å². The van der Waals surface area contributed by atoms with E-state index < -0.39 is 4.92 Å². The molecule has 0 bridgehead atoms. The van der Waals surface area contributed by atoms with E-state index in [4.69, 9.17) is 9.47 Å². The Morgan fingerprint density at radius 2 is 2.04 bits per heavy atom. The van der Waals surface area contributed by atoms with Gasteiger partial charge in [-0.15, -0.1) is 0 Å². The van der Waals surface area contributed by atoms with Crippen molar-refractivity contribution in [3.05, 3.63) is 51.7 Å². The summed E-state index contributed by atoms with van der Waals surface area (Å²) in [6.45, 7) is 6.79. The third-order valence-electron chi connectivity index (χ3n) is 4.15. The smallest absolute Gasteiger partial charge is 0.290 e. The molecule has 0 radical (unpaired) electrons. The highest BCUT2D eigenvalue weighted by molar-refractivity contribution is 5.49. The highest BCUT2D eigenvalue weighted by Crippen LogP contribution is 2.36. The van der Waals surface area contributed by atoms with Gasteiger partial charge >= 0.3 is 0 Å². The number of aromatic nitrogens is 1. The SMILES string of the molecule is Cc1cc(NCC(C)(C)c2ccc3c(c2)OCO3)ncc1[N+](=O)[O-]. The lowest BCUT2D eigenvalue weighted by atomic mass is 9.84. The third-order valence-corrected chi connectivity index (χ3v) is 4.15. The first-order valence-electron chi connectivity index (χ1n) is 7.62. The Hall–Kier alpha value is -2.83. The zero-order chi connectivity index (χ0) is 17.3. The number of nitrogens with one attached hydrogen (secondary N) is 1. The number of hydrogen-bond donors (Lipinski definition) is 1. The highest BCUT2D eigenvalue weighted by Gasteiger charge is 2.24. The summed E-state index contributed by atoms with van der Waals surface area (Å²) in [5.74, 6) is 2.13. The summed E-state index contributed by atoms with van der Waals surface area (Å²) in [5.41, 5.74) is 1.53. The Morgan fingerprint density at radius 3 is 2.75 bits per heavy atom. The zero-order valence-electron chi connectivity index (χ0n) is 13.8. The summed E-state index contributed by atoms with van der Waals surface area (Å²) in [4.78, 5) is 14.5. The van der Waals surface area contributed by atoms with E-state index in [9.17, 15) is 10.1 Å². The van der Waals surface area contributed by atoms with Crippen molar-refractivity contribution in [2.24, 2.45) is 0 Å². The average molecular weight is 329 g/mol. The van der Waals surface area contributed by atoms with Crippen LogP contribution >= 0.6 is 0 Å². The van der Waals surface area contributed by atoms with Gasteiger partial charge in [0.15, 0.2) is 11.5 Å². The zero-order valence-corrected chi connectivity index (χ0v) is 13.8. The molecule has 24 heavy (non-hydrogen) atoms. The van der Waals surface area contributed by atoms with Gasteiger partial charge in [-0.2, -0.15) is 0 Å². The van der Waals surface area contributed by atoms with E-state index in [-0.39, 0.29) is 17.9 Å². The Bertz CT molecular complexity index is 789. The van der Waals surface area contributed by atoms with Crippen molar-refractivity contribution in [2.75, 3.05) is 18.7 Å². The monoisotopic (exact) mass is 329 g/mol. The van der Waals surface area contributed by atoms with Crippen molar-refractivity contribution >= 4 is 11.5 Å². The van der Waals surface area contributed by atoms with Crippen molar-refractivity contribution < 1.29 is 14.4 Å². The molecule has 2 aromatic rings. The molecule has 3 rings (SSSR count). The van der Waals surface area contributed by atoms with Gasteiger partial charge in [-0.3, -0.25) is 10.1 Å². The molecule has 0 saturated heterocycles. The fourth-order valence-corrected chi connectivity index (χ4v) is 2.57. The molecule has 1 aliphatic heterocycles. The van der Waals surface area contributed by atoms with Gasteiger partial charge in [-0.05, 0) is 30.7 Å². The Morgan fingerprint density at radius 1 is 1.29 bits per heavy atom. The second-order valence-corrected chi connectivity index (χ2v) is 6.42. The molecule has 0 saturated carbocycles. The van der Waals surface area contributed by atoms with Gasteiger partial charge in [0, 0.05) is 17.5 Å². The largest absolute Gasteiger partial charge is 0.454 e. The van der Waals surface area contributed by atoms with Crippen LogP contribution in [0.15, 0.2) is 30.5 Å². The highest BCUT2D eigenvalue weighted by atomic mass is 16.7. The van der Waals surface area contributed by atoms with Crippen LogP contribution in [0.4, 0.5) is 11.5 Å². The molecule has 7 nitrogen and oxygen atoms in total. The van der Waals surface area contributed by atoms with Crippen molar-refractivity contribution in [2.45, 2.75) is 26.2 Å². The molecule has 0 amide bonds. The lowest BCUT2D eigenvalue weighted by molar-refractivity contribution is -0.385. The topological polar surface area (TPSA) is 86.5 Å². The van der Waals surface area contributed by atoms with Crippen molar-refractivity contribution in [1.29, 1.82) is 0 Å². The lowest BCUT2D eigenvalue weighted by Crippen LogP contribution is -2.27. The predicted octanol–water partition coefficient (Wildman–Crippen LogP) is 3.42. The van der Waals surface area contributed by atoms with Gasteiger partial charge < -0.3 is 14.8 Å². The molecule has 126 valence electrons. The lowest BCUT2D eigenvalue weighted by Gasteiger charge is -2.26. The number of rotatable bonds is 5. The van der Waals surface area contributed by atoms with E-state index in [2.05, 4.69) is 24.1 Å². The molecule has 7 heteroatoms. The second-order valence-electron chi connectivity index (χ2n) is 6.42. The maximum absolute atomic E-state index is 10.9. The van der Waals surface area contributed by atoms with Gasteiger partial charge in [-0.1, -0.05) is 19.9 Å². The summed E-state index contributed by atoms with van der Waals surface area (Å²) in [7, 11) is 0. The minimum absolute atomic E-state index is 0.0237. The standard InChI is InChI=1S/C17H19N3O4/c1-11-6-16(18-8-13(11)20(21)22)19-9-17(2,3)12-4-5-14-15(7-12)24-10-23-14/h4-8H,9-10H2,1-3H3,(H,18,19). The summed E-state index contributed by atoms with van der Waals surface area (Å²) < 4.78 is 10.8. The van der Waals surface area contributed by atoms with Crippen LogP contribution in [-0.2, 0) is 5.41 Å². The van der Waals surface area contributed by atoms with Gasteiger partial charge in [0.1, 0.15) is 12.0 Å². The number of nitro groups is 1. The summed E-state index contributed by atoms with van der Waals surface area (Å²) in [6.07, 6.45) is 1.28. The van der Waals surface area contributed by atoms with Crippen molar-refractivity contribution in [3.63, 3.8) is 0 Å². The maximum atomic E-state index is 10.9. The quantitative estimate of drug-likeness (QED) is 0.668. The minimum atomic E-state index is -0.428. The van der Waals surface area contributed by atoms with E-state index in [0.717, 1.165) is 17.1 Å². The van der Waals surface area contributed by atoms with Gasteiger partial charge in [0.25, 0.3) is 5.69 Å². The van der Waals surface area contributed by atoms with E-state index in [0.29, 0.717) is 17.9 Å². The molecule has 1 aromatic carbocycles. The van der Waals surface area contributed by atoms with Crippen LogP contribution in [0.5, 0.6) is 11.5 Å². The molecule has 0 spiro atoms. The normalized spacial score (nSPS) is 13.0. The second kappa shape index (κ2) is 5.99.